The molecule has 0 radical (unpaired) electrons. The zero-order valence-electron chi connectivity index (χ0n) is 14.3. The Morgan fingerprint density at radius 3 is 2.43 bits per heavy atom. The van der Waals surface area contributed by atoms with Gasteiger partial charge in [-0.2, -0.15) is 0 Å². The molecule has 0 bridgehead atoms. The smallest absolute Gasteiger partial charge is 0.0589 e. The number of ether oxygens (including phenoxy) is 1. The van der Waals surface area contributed by atoms with Gasteiger partial charge in [-0.1, -0.05) is 44.9 Å². The first-order valence-corrected chi connectivity index (χ1v) is 9.22. The largest absolute Gasteiger partial charge is 0.383 e. The molecule has 21 heavy (non-hydrogen) atoms. The van der Waals surface area contributed by atoms with Gasteiger partial charge in [0.15, 0.2) is 0 Å². The number of hydrogen-bond acceptors (Lipinski definition) is 3. The van der Waals surface area contributed by atoms with Gasteiger partial charge in [-0.05, 0) is 31.7 Å². The Bertz CT molecular complexity index is 266. The summed E-state index contributed by atoms with van der Waals surface area (Å²) >= 11 is 0. The molecule has 2 fully saturated rings. The Morgan fingerprint density at radius 1 is 0.952 bits per heavy atom. The Labute approximate surface area is 131 Å². The van der Waals surface area contributed by atoms with E-state index in [0.29, 0.717) is 0 Å². The van der Waals surface area contributed by atoms with Crippen LogP contribution in [-0.4, -0.2) is 51.3 Å². The van der Waals surface area contributed by atoms with Crippen LogP contribution in [-0.2, 0) is 4.74 Å². The number of hydrogen-bond donors (Lipinski definition) is 1. The summed E-state index contributed by atoms with van der Waals surface area (Å²) in [6, 6.07) is 0.790. The highest BCUT2D eigenvalue weighted by molar-refractivity contribution is 4.87. The van der Waals surface area contributed by atoms with Crippen LogP contribution in [0.2, 0.25) is 0 Å². The van der Waals surface area contributed by atoms with Crippen molar-refractivity contribution in [3.63, 3.8) is 0 Å². The summed E-state index contributed by atoms with van der Waals surface area (Å²) in [6.45, 7) is 4.14. The molecular weight excluding hydrogens is 260 g/mol. The highest BCUT2D eigenvalue weighted by Gasteiger charge is 2.31. The third-order valence-corrected chi connectivity index (χ3v) is 5.65. The van der Waals surface area contributed by atoms with Crippen LogP contribution < -0.4 is 5.32 Å². The molecule has 0 aromatic rings. The molecule has 3 heteroatoms. The molecule has 124 valence electrons. The lowest BCUT2D eigenvalue weighted by atomic mass is 9.71. The average molecular weight is 296 g/mol. The fourth-order valence-electron chi connectivity index (χ4n) is 4.34. The summed E-state index contributed by atoms with van der Waals surface area (Å²) < 4.78 is 5.14. The summed E-state index contributed by atoms with van der Waals surface area (Å²) in [7, 11) is 3.98. The quantitative estimate of drug-likeness (QED) is 0.744. The summed E-state index contributed by atoms with van der Waals surface area (Å²) in [4.78, 5) is 2.37. The van der Waals surface area contributed by atoms with E-state index in [-0.39, 0.29) is 0 Å². The van der Waals surface area contributed by atoms with E-state index >= 15 is 0 Å². The van der Waals surface area contributed by atoms with Gasteiger partial charge in [-0.25, -0.2) is 0 Å². The molecule has 3 nitrogen and oxygen atoms in total. The van der Waals surface area contributed by atoms with Crippen LogP contribution in [0.15, 0.2) is 0 Å². The topological polar surface area (TPSA) is 24.5 Å². The maximum atomic E-state index is 5.14. The molecule has 0 aromatic carbocycles. The fourth-order valence-corrected chi connectivity index (χ4v) is 4.34. The van der Waals surface area contributed by atoms with Crippen molar-refractivity contribution >= 4 is 0 Å². The van der Waals surface area contributed by atoms with Crippen LogP contribution in [0.3, 0.4) is 0 Å². The maximum absolute atomic E-state index is 5.14. The molecule has 0 spiro atoms. The molecule has 0 amide bonds. The Balaban J connectivity index is 1.71. The molecule has 2 atom stereocenters. The van der Waals surface area contributed by atoms with E-state index in [1.165, 1.54) is 57.8 Å². The molecule has 2 aliphatic rings. The molecule has 2 rings (SSSR count). The standard InChI is InChI=1S/C18H36N2O/c1-20(14-15-21-2)13-12-19-18-11-7-6-10-17(18)16-8-4-3-5-9-16/h16-19H,3-15H2,1-2H3. The molecule has 2 saturated carbocycles. The van der Waals surface area contributed by atoms with E-state index in [0.717, 1.165) is 44.1 Å². The minimum Gasteiger partial charge on any atom is -0.383 e. The lowest BCUT2D eigenvalue weighted by Gasteiger charge is -2.39. The number of nitrogens with zero attached hydrogens (tertiary/aromatic N) is 1. The normalized spacial score (nSPS) is 28.1. The van der Waals surface area contributed by atoms with Crippen molar-refractivity contribution in [1.29, 1.82) is 0 Å². The van der Waals surface area contributed by atoms with Gasteiger partial charge in [0, 0.05) is 32.8 Å². The zero-order chi connectivity index (χ0) is 14.9. The van der Waals surface area contributed by atoms with Crippen LogP contribution in [0, 0.1) is 11.8 Å². The number of likely N-dealkylation sites (N-methyl/N-ethyl adjacent to an activating group) is 1. The van der Waals surface area contributed by atoms with E-state index in [2.05, 4.69) is 17.3 Å². The number of nitrogens with one attached hydrogen (secondary N) is 1. The van der Waals surface area contributed by atoms with Crippen molar-refractivity contribution in [2.75, 3.05) is 40.4 Å². The van der Waals surface area contributed by atoms with Crippen LogP contribution in [0.5, 0.6) is 0 Å². The highest BCUT2D eigenvalue weighted by atomic mass is 16.5. The van der Waals surface area contributed by atoms with E-state index in [4.69, 9.17) is 4.74 Å². The molecule has 0 heterocycles. The monoisotopic (exact) mass is 296 g/mol. The first-order chi connectivity index (χ1) is 10.3. The van der Waals surface area contributed by atoms with Crippen molar-refractivity contribution in [1.82, 2.24) is 10.2 Å². The van der Waals surface area contributed by atoms with Crippen LogP contribution >= 0.6 is 0 Å². The molecule has 2 aliphatic carbocycles. The minimum absolute atomic E-state index is 0.790. The lowest BCUT2D eigenvalue weighted by Crippen LogP contribution is -2.45. The third kappa shape index (κ3) is 5.88. The third-order valence-electron chi connectivity index (χ3n) is 5.65. The minimum atomic E-state index is 0.790. The molecule has 0 saturated heterocycles. The summed E-state index contributed by atoms with van der Waals surface area (Å²) in [6.07, 6.45) is 13.2. The number of rotatable bonds is 8. The maximum Gasteiger partial charge on any atom is 0.0589 e. The van der Waals surface area contributed by atoms with Crippen molar-refractivity contribution in [3.8, 4) is 0 Å². The van der Waals surface area contributed by atoms with Gasteiger partial charge in [-0.15, -0.1) is 0 Å². The Hall–Kier alpha value is -0.120. The van der Waals surface area contributed by atoms with Gasteiger partial charge >= 0.3 is 0 Å². The van der Waals surface area contributed by atoms with Gasteiger partial charge in [0.25, 0.3) is 0 Å². The predicted octanol–water partition coefficient (Wildman–Crippen LogP) is 3.29. The lowest BCUT2D eigenvalue weighted by molar-refractivity contribution is 0.141. The SMILES string of the molecule is COCCN(C)CCNC1CCCCC1C1CCCCC1. The van der Waals surface area contributed by atoms with Gasteiger partial charge < -0.3 is 15.0 Å². The molecule has 2 unspecified atom stereocenters. The Morgan fingerprint density at radius 2 is 1.67 bits per heavy atom. The molecule has 0 aliphatic heterocycles. The van der Waals surface area contributed by atoms with Crippen molar-refractivity contribution in [3.05, 3.63) is 0 Å². The van der Waals surface area contributed by atoms with Gasteiger partial charge in [0.1, 0.15) is 0 Å². The van der Waals surface area contributed by atoms with E-state index in [9.17, 15) is 0 Å². The predicted molar refractivity (Wildman–Crippen MR) is 89.7 cm³/mol. The van der Waals surface area contributed by atoms with Gasteiger partial charge in [0.05, 0.1) is 6.61 Å². The Kier molecular flexibility index (Phi) is 8.05. The van der Waals surface area contributed by atoms with Crippen molar-refractivity contribution < 1.29 is 4.74 Å². The second-order valence-corrected chi connectivity index (χ2v) is 7.20. The molecular formula is C18H36N2O. The van der Waals surface area contributed by atoms with Crippen molar-refractivity contribution in [2.45, 2.75) is 63.8 Å². The van der Waals surface area contributed by atoms with E-state index < -0.39 is 0 Å². The zero-order valence-corrected chi connectivity index (χ0v) is 14.3. The first kappa shape index (κ1) is 17.2. The second kappa shape index (κ2) is 9.81. The summed E-state index contributed by atoms with van der Waals surface area (Å²) in [5, 5.41) is 3.89. The second-order valence-electron chi connectivity index (χ2n) is 7.20. The van der Waals surface area contributed by atoms with Gasteiger partial charge in [0.2, 0.25) is 0 Å². The highest BCUT2D eigenvalue weighted by Crippen LogP contribution is 2.38. The van der Waals surface area contributed by atoms with Crippen LogP contribution in [0.25, 0.3) is 0 Å². The molecule has 0 aromatic heterocycles. The fraction of sp³-hybridized carbons (Fsp3) is 1.00. The van der Waals surface area contributed by atoms with E-state index in [1.807, 2.05) is 0 Å². The van der Waals surface area contributed by atoms with Gasteiger partial charge in [-0.3, -0.25) is 0 Å². The summed E-state index contributed by atoms with van der Waals surface area (Å²) in [5.74, 6) is 1.98. The van der Waals surface area contributed by atoms with Crippen molar-refractivity contribution in [2.24, 2.45) is 11.8 Å². The molecule has 1 N–H and O–H groups in total. The van der Waals surface area contributed by atoms with E-state index in [1.54, 1.807) is 7.11 Å². The average Bonchev–Trinajstić information content (AvgIpc) is 2.54. The first-order valence-electron chi connectivity index (χ1n) is 9.22. The summed E-state index contributed by atoms with van der Waals surface area (Å²) in [5.41, 5.74) is 0. The number of methoxy groups -OCH3 is 1. The van der Waals surface area contributed by atoms with Crippen LogP contribution in [0.1, 0.15) is 57.8 Å². The van der Waals surface area contributed by atoms with Crippen LogP contribution in [0.4, 0.5) is 0 Å².